The zero-order valence-electron chi connectivity index (χ0n) is 11.9. The number of anilines is 1. The average molecular weight is 293 g/mol. The Bertz CT molecular complexity index is 752. The van der Waals surface area contributed by atoms with E-state index in [2.05, 4.69) is 22.4 Å². The molecule has 4 rings (SSSR count). The van der Waals surface area contributed by atoms with Crippen molar-refractivity contribution in [3.05, 3.63) is 76.5 Å². The van der Waals surface area contributed by atoms with Crippen LogP contribution < -0.4 is 5.32 Å². The monoisotopic (exact) mass is 293 g/mol. The number of para-hydroxylation sites is 2. The zero-order chi connectivity index (χ0) is 15.4. The highest BCUT2D eigenvalue weighted by molar-refractivity contribution is 5.77. The summed E-state index contributed by atoms with van der Waals surface area (Å²) in [7, 11) is 0. The molecule has 1 aliphatic heterocycles. The summed E-state index contributed by atoms with van der Waals surface area (Å²) in [6.45, 7) is 0.806. The number of benzene rings is 2. The molecule has 0 saturated heterocycles. The Labute approximate surface area is 127 Å². The molecule has 0 saturated carbocycles. The van der Waals surface area contributed by atoms with Crippen molar-refractivity contribution in [3.8, 4) is 0 Å². The molecule has 3 aromatic rings. The Hall–Kier alpha value is -2.95. The lowest BCUT2D eigenvalue weighted by atomic mass is 10.1. The molecular formula is C17H15N3O2. The first-order chi connectivity index (χ1) is 10.8. The van der Waals surface area contributed by atoms with Crippen LogP contribution in [0.25, 0.3) is 10.9 Å². The Balaban J connectivity index is 0.000000133. The number of rotatable bonds is 1. The Morgan fingerprint density at radius 1 is 1.05 bits per heavy atom. The van der Waals surface area contributed by atoms with Crippen LogP contribution in [0.5, 0.6) is 0 Å². The Morgan fingerprint density at radius 3 is 2.68 bits per heavy atom. The highest BCUT2D eigenvalue weighted by Crippen LogP contribution is 2.31. The van der Waals surface area contributed by atoms with E-state index >= 15 is 0 Å². The highest BCUT2D eigenvalue weighted by atomic mass is 16.6. The molecule has 0 unspecified atom stereocenters. The molecule has 1 aromatic heterocycles. The largest absolute Gasteiger partial charge is 0.379 e. The summed E-state index contributed by atoms with van der Waals surface area (Å²) in [6, 6.07) is 17.3. The summed E-state index contributed by atoms with van der Waals surface area (Å²) < 4.78 is 0. The minimum Gasteiger partial charge on any atom is -0.379 e. The molecule has 5 nitrogen and oxygen atoms in total. The van der Waals surface area contributed by atoms with Gasteiger partial charge in [-0.25, -0.2) is 0 Å². The third-order valence-electron chi connectivity index (χ3n) is 3.53. The quantitative estimate of drug-likeness (QED) is 0.547. The van der Waals surface area contributed by atoms with Gasteiger partial charge in [-0.15, -0.1) is 0 Å². The predicted octanol–water partition coefficient (Wildman–Crippen LogP) is 3.80. The number of nitro benzene ring substituents is 1. The van der Waals surface area contributed by atoms with Gasteiger partial charge in [-0.3, -0.25) is 15.1 Å². The van der Waals surface area contributed by atoms with Crippen LogP contribution >= 0.6 is 0 Å². The average Bonchev–Trinajstić information content (AvgIpc) is 3.04. The fraction of sp³-hybridized carbons (Fsp3) is 0.118. The summed E-state index contributed by atoms with van der Waals surface area (Å²) >= 11 is 0. The summed E-state index contributed by atoms with van der Waals surface area (Å²) in [4.78, 5) is 14.4. The van der Waals surface area contributed by atoms with Crippen LogP contribution in [0.1, 0.15) is 5.56 Å². The van der Waals surface area contributed by atoms with Gasteiger partial charge in [0.1, 0.15) is 5.69 Å². The van der Waals surface area contributed by atoms with Crippen LogP contribution in [0.2, 0.25) is 0 Å². The smallest absolute Gasteiger partial charge is 0.292 e. The number of hydrogen-bond acceptors (Lipinski definition) is 4. The van der Waals surface area contributed by atoms with E-state index in [1.807, 2.05) is 36.5 Å². The molecule has 5 heteroatoms. The van der Waals surface area contributed by atoms with E-state index in [-0.39, 0.29) is 10.6 Å². The molecule has 0 bridgehead atoms. The Kier molecular flexibility index (Phi) is 3.96. The van der Waals surface area contributed by atoms with Crippen LogP contribution in [-0.4, -0.2) is 16.5 Å². The first-order valence-electron chi connectivity index (χ1n) is 7.05. The molecule has 0 spiro atoms. The number of pyridine rings is 1. The first-order valence-corrected chi connectivity index (χ1v) is 7.05. The van der Waals surface area contributed by atoms with Gasteiger partial charge in [-0.05, 0) is 24.1 Å². The normalized spacial score (nSPS) is 12.0. The van der Waals surface area contributed by atoms with Crippen molar-refractivity contribution in [2.24, 2.45) is 0 Å². The molecule has 2 heterocycles. The van der Waals surface area contributed by atoms with E-state index < -0.39 is 0 Å². The van der Waals surface area contributed by atoms with Gasteiger partial charge in [0.05, 0.1) is 10.4 Å². The van der Waals surface area contributed by atoms with Gasteiger partial charge in [-0.1, -0.05) is 36.4 Å². The number of aromatic nitrogens is 1. The molecule has 0 radical (unpaired) electrons. The van der Waals surface area contributed by atoms with Crippen molar-refractivity contribution in [2.45, 2.75) is 6.42 Å². The second-order valence-electron chi connectivity index (χ2n) is 4.94. The van der Waals surface area contributed by atoms with Crippen LogP contribution in [0, 0.1) is 10.1 Å². The summed E-state index contributed by atoms with van der Waals surface area (Å²) in [5.41, 5.74) is 2.99. The SMILES string of the molecule is O=[N+]([O-])c1cccc2c1NCC2.c1ccc2ncccc2c1. The van der Waals surface area contributed by atoms with Crippen molar-refractivity contribution >= 4 is 22.3 Å². The van der Waals surface area contributed by atoms with Gasteiger partial charge < -0.3 is 5.32 Å². The molecule has 1 N–H and O–H groups in total. The van der Waals surface area contributed by atoms with Crippen molar-refractivity contribution in [1.29, 1.82) is 0 Å². The number of fused-ring (bicyclic) bond motifs is 2. The first kappa shape index (κ1) is 14.0. The van der Waals surface area contributed by atoms with Gasteiger partial charge in [0.15, 0.2) is 0 Å². The topological polar surface area (TPSA) is 68.1 Å². The van der Waals surface area contributed by atoms with Crippen molar-refractivity contribution < 1.29 is 4.92 Å². The summed E-state index contributed by atoms with van der Waals surface area (Å²) in [5.74, 6) is 0. The minimum absolute atomic E-state index is 0.185. The predicted molar refractivity (Wildman–Crippen MR) is 87.0 cm³/mol. The van der Waals surface area contributed by atoms with E-state index in [1.54, 1.807) is 6.07 Å². The molecule has 0 aliphatic carbocycles. The maximum absolute atomic E-state index is 10.5. The van der Waals surface area contributed by atoms with E-state index in [0.29, 0.717) is 5.69 Å². The lowest BCUT2D eigenvalue weighted by Gasteiger charge is -1.99. The second kappa shape index (κ2) is 6.22. The molecular weight excluding hydrogens is 278 g/mol. The number of nitro groups is 1. The van der Waals surface area contributed by atoms with Gasteiger partial charge >= 0.3 is 0 Å². The minimum atomic E-state index is -0.350. The molecule has 1 aliphatic rings. The maximum Gasteiger partial charge on any atom is 0.292 e. The number of hydrogen-bond donors (Lipinski definition) is 1. The maximum atomic E-state index is 10.5. The molecule has 0 fully saturated rings. The number of nitrogens with zero attached hydrogens (tertiary/aromatic N) is 2. The summed E-state index contributed by atoms with van der Waals surface area (Å²) in [5, 5.41) is 14.7. The highest BCUT2D eigenvalue weighted by Gasteiger charge is 2.20. The van der Waals surface area contributed by atoms with Crippen LogP contribution in [-0.2, 0) is 6.42 Å². The number of nitrogens with one attached hydrogen (secondary N) is 1. The Morgan fingerprint density at radius 2 is 1.86 bits per heavy atom. The summed E-state index contributed by atoms with van der Waals surface area (Å²) in [6.07, 6.45) is 2.69. The van der Waals surface area contributed by atoms with Gasteiger partial charge in [0, 0.05) is 24.2 Å². The van der Waals surface area contributed by atoms with Gasteiger partial charge in [0.25, 0.3) is 5.69 Å². The van der Waals surface area contributed by atoms with Crippen LogP contribution in [0.3, 0.4) is 0 Å². The van der Waals surface area contributed by atoms with Crippen molar-refractivity contribution in [3.63, 3.8) is 0 Å². The van der Waals surface area contributed by atoms with Gasteiger partial charge in [0.2, 0.25) is 0 Å². The fourth-order valence-electron chi connectivity index (χ4n) is 2.49. The van der Waals surface area contributed by atoms with E-state index in [4.69, 9.17) is 0 Å². The lowest BCUT2D eigenvalue weighted by Crippen LogP contribution is -1.96. The second-order valence-corrected chi connectivity index (χ2v) is 4.94. The van der Waals surface area contributed by atoms with E-state index in [1.165, 1.54) is 11.5 Å². The molecule has 0 atom stereocenters. The lowest BCUT2D eigenvalue weighted by molar-refractivity contribution is -0.383. The molecule has 110 valence electrons. The van der Waals surface area contributed by atoms with Crippen molar-refractivity contribution in [2.75, 3.05) is 11.9 Å². The van der Waals surface area contributed by atoms with E-state index in [9.17, 15) is 10.1 Å². The molecule has 0 amide bonds. The molecule has 2 aromatic carbocycles. The van der Waals surface area contributed by atoms with Gasteiger partial charge in [-0.2, -0.15) is 0 Å². The third-order valence-corrected chi connectivity index (χ3v) is 3.53. The fourth-order valence-corrected chi connectivity index (χ4v) is 2.49. The van der Waals surface area contributed by atoms with Crippen LogP contribution in [0.4, 0.5) is 11.4 Å². The van der Waals surface area contributed by atoms with Crippen LogP contribution in [0.15, 0.2) is 60.8 Å². The third kappa shape index (κ3) is 2.88. The van der Waals surface area contributed by atoms with E-state index in [0.717, 1.165) is 24.0 Å². The zero-order valence-corrected chi connectivity index (χ0v) is 11.9. The molecule has 22 heavy (non-hydrogen) atoms. The van der Waals surface area contributed by atoms with Crippen molar-refractivity contribution in [1.82, 2.24) is 4.98 Å². The standard InChI is InChI=1S/C9H7N.C8H8N2O2/c1-2-6-9-8(4-1)5-3-7-10-9;11-10(12)7-3-1-2-6-4-5-9-8(6)7/h1-7H;1-3,9H,4-5H2.